The van der Waals surface area contributed by atoms with Gasteiger partial charge in [0.05, 0.1) is 18.9 Å². The Morgan fingerprint density at radius 3 is 2.84 bits per heavy atom. The van der Waals surface area contributed by atoms with Crippen molar-refractivity contribution >= 4 is 16.9 Å². The monoisotopic (exact) mass is 428 g/mol. The third kappa shape index (κ3) is 4.80. The van der Waals surface area contributed by atoms with Crippen LogP contribution in [0.5, 0.6) is 5.75 Å². The van der Waals surface area contributed by atoms with Gasteiger partial charge >= 0.3 is 0 Å². The van der Waals surface area contributed by atoms with Gasteiger partial charge < -0.3 is 24.8 Å². The number of benzene rings is 2. The molecule has 1 aliphatic heterocycles. The van der Waals surface area contributed by atoms with Crippen molar-refractivity contribution in [1.29, 1.82) is 0 Å². The number of hydrogen-bond acceptors (Lipinski definition) is 3. The number of aromatic nitrogens is 1. The van der Waals surface area contributed by atoms with Gasteiger partial charge in [-0.05, 0) is 35.7 Å². The third-order valence-electron chi connectivity index (χ3n) is 5.75. The molecule has 32 heavy (non-hydrogen) atoms. The van der Waals surface area contributed by atoms with Crippen molar-refractivity contribution in [3.05, 3.63) is 90.0 Å². The zero-order valence-corrected chi connectivity index (χ0v) is 18.0. The van der Waals surface area contributed by atoms with Gasteiger partial charge in [0.2, 0.25) is 0 Å². The summed E-state index contributed by atoms with van der Waals surface area (Å²) in [6.07, 6.45) is 4.26. The highest BCUT2D eigenvalue weighted by atomic mass is 16.5. The highest BCUT2D eigenvalue weighted by Gasteiger charge is 2.21. The Bertz CT molecular complexity index is 1150. The van der Waals surface area contributed by atoms with Crippen molar-refractivity contribution in [2.45, 2.75) is 25.3 Å². The predicted molar refractivity (Wildman–Crippen MR) is 127 cm³/mol. The van der Waals surface area contributed by atoms with Crippen LogP contribution in [-0.4, -0.2) is 30.6 Å². The van der Waals surface area contributed by atoms with Gasteiger partial charge in [0.25, 0.3) is 0 Å². The quantitative estimate of drug-likeness (QED) is 0.297. The van der Waals surface area contributed by atoms with Crippen LogP contribution < -0.4 is 15.4 Å². The molecule has 3 N–H and O–H groups in total. The lowest BCUT2D eigenvalue weighted by atomic mass is 10.0. The summed E-state index contributed by atoms with van der Waals surface area (Å²) in [4.78, 5) is 8.32. The van der Waals surface area contributed by atoms with Crippen molar-refractivity contribution < 1.29 is 9.15 Å². The minimum atomic E-state index is 0.169. The summed E-state index contributed by atoms with van der Waals surface area (Å²) in [5, 5.41) is 8.38. The molecule has 1 atom stereocenters. The van der Waals surface area contributed by atoms with Crippen LogP contribution in [0, 0.1) is 0 Å². The molecular weight excluding hydrogens is 400 g/mol. The van der Waals surface area contributed by atoms with Crippen LogP contribution in [0.1, 0.15) is 29.5 Å². The number of hydrogen-bond donors (Lipinski definition) is 3. The van der Waals surface area contributed by atoms with Gasteiger partial charge in [-0.15, -0.1) is 0 Å². The van der Waals surface area contributed by atoms with Gasteiger partial charge in [-0.3, -0.25) is 4.99 Å². The molecule has 0 spiro atoms. The number of aliphatic imine (C=N–C) groups is 1. The zero-order valence-electron chi connectivity index (χ0n) is 18.0. The van der Waals surface area contributed by atoms with Crippen molar-refractivity contribution in [2.24, 2.45) is 4.99 Å². The van der Waals surface area contributed by atoms with Crippen molar-refractivity contribution in [3.8, 4) is 5.75 Å². The van der Waals surface area contributed by atoms with E-state index in [-0.39, 0.29) is 6.04 Å². The van der Waals surface area contributed by atoms with Gasteiger partial charge in [-0.25, -0.2) is 0 Å². The van der Waals surface area contributed by atoms with Crippen LogP contribution >= 0.6 is 0 Å². The summed E-state index contributed by atoms with van der Waals surface area (Å²) in [5.41, 5.74) is 3.56. The Morgan fingerprint density at radius 2 is 1.94 bits per heavy atom. The normalized spacial score (nSPS) is 15.9. The molecule has 0 amide bonds. The molecule has 5 rings (SSSR count). The molecule has 1 aliphatic rings. The Kier molecular flexibility index (Phi) is 6.10. The first-order valence-electron chi connectivity index (χ1n) is 11.2. The summed E-state index contributed by atoms with van der Waals surface area (Å²) in [6.45, 7) is 2.13. The molecule has 0 saturated heterocycles. The lowest BCUT2D eigenvalue weighted by molar-refractivity contribution is 0.261. The Labute approximate surface area is 187 Å². The van der Waals surface area contributed by atoms with Gasteiger partial charge in [0.15, 0.2) is 5.96 Å². The summed E-state index contributed by atoms with van der Waals surface area (Å²) in [6, 6.07) is 22.9. The fraction of sp³-hybridized carbons (Fsp3) is 0.269. The smallest absolute Gasteiger partial charge is 0.191 e. The largest absolute Gasteiger partial charge is 0.493 e. The van der Waals surface area contributed by atoms with Gasteiger partial charge in [-0.2, -0.15) is 0 Å². The molecule has 164 valence electrons. The minimum absolute atomic E-state index is 0.169. The maximum absolute atomic E-state index is 5.82. The molecule has 2 aromatic carbocycles. The third-order valence-corrected chi connectivity index (χ3v) is 5.75. The van der Waals surface area contributed by atoms with E-state index in [0.717, 1.165) is 43.3 Å². The number of H-pyrrole nitrogens is 1. The van der Waals surface area contributed by atoms with E-state index in [2.05, 4.69) is 58.1 Å². The van der Waals surface area contributed by atoms with Crippen LogP contribution in [0.2, 0.25) is 0 Å². The maximum Gasteiger partial charge on any atom is 0.191 e. The number of para-hydroxylation sites is 2. The Balaban J connectivity index is 1.25. The molecule has 2 aromatic heterocycles. The van der Waals surface area contributed by atoms with E-state index in [1.165, 1.54) is 22.2 Å². The van der Waals surface area contributed by atoms with Gasteiger partial charge in [-0.1, -0.05) is 36.4 Å². The van der Waals surface area contributed by atoms with Crippen LogP contribution in [-0.2, 0) is 12.8 Å². The van der Waals surface area contributed by atoms with E-state index in [4.69, 9.17) is 14.1 Å². The average molecular weight is 429 g/mol. The highest BCUT2D eigenvalue weighted by Crippen LogP contribution is 2.31. The molecule has 3 heterocycles. The SMILES string of the molecule is c1coc(CCN=C(NCCc2cc3ccccc3[nH]2)NC2CCOc3ccccc32)c1. The first-order valence-corrected chi connectivity index (χ1v) is 11.2. The molecule has 0 saturated carbocycles. The first kappa shape index (κ1) is 20.2. The van der Waals surface area contributed by atoms with Crippen molar-refractivity contribution in [3.63, 3.8) is 0 Å². The molecule has 0 fully saturated rings. The van der Waals surface area contributed by atoms with Crippen molar-refractivity contribution in [1.82, 2.24) is 15.6 Å². The predicted octanol–water partition coefficient (Wildman–Crippen LogP) is 4.61. The molecule has 4 aromatic rings. The average Bonchev–Trinajstić information content (AvgIpc) is 3.48. The van der Waals surface area contributed by atoms with Crippen molar-refractivity contribution in [2.75, 3.05) is 19.7 Å². The Morgan fingerprint density at radius 1 is 1.03 bits per heavy atom. The van der Waals surface area contributed by atoms with E-state index >= 15 is 0 Å². The first-order chi connectivity index (χ1) is 15.8. The summed E-state index contributed by atoms with van der Waals surface area (Å²) in [5.74, 6) is 2.71. The zero-order chi connectivity index (χ0) is 21.6. The Hall–Kier alpha value is -3.67. The number of aromatic amines is 1. The summed E-state index contributed by atoms with van der Waals surface area (Å²) < 4.78 is 11.3. The summed E-state index contributed by atoms with van der Waals surface area (Å²) in [7, 11) is 0. The molecule has 0 radical (unpaired) electrons. The number of nitrogens with zero attached hydrogens (tertiary/aromatic N) is 1. The topological polar surface area (TPSA) is 74.6 Å². The van der Waals surface area contributed by atoms with Gasteiger partial charge in [0.1, 0.15) is 11.5 Å². The number of rotatable bonds is 7. The van der Waals surface area contributed by atoms with E-state index in [1.54, 1.807) is 6.26 Å². The second kappa shape index (κ2) is 9.64. The van der Waals surface area contributed by atoms with Crippen LogP contribution in [0.4, 0.5) is 0 Å². The number of guanidine groups is 1. The molecule has 0 aliphatic carbocycles. The van der Waals surface area contributed by atoms with Crippen LogP contribution in [0.3, 0.4) is 0 Å². The standard InChI is InChI=1S/C26H28N4O2/c1-3-9-23-19(6-1)18-20(29-23)11-14-27-26(28-15-12-21-7-5-16-31-21)30-24-13-17-32-25-10-4-2-8-22(24)25/h1-10,16,18,24,29H,11-15,17H2,(H2,27,28,30). The van der Waals surface area contributed by atoms with E-state index < -0.39 is 0 Å². The lowest BCUT2D eigenvalue weighted by Gasteiger charge is -2.28. The van der Waals surface area contributed by atoms with Crippen LogP contribution in [0.15, 0.2) is 82.4 Å². The van der Waals surface area contributed by atoms with E-state index in [9.17, 15) is 0 Å². The number of nitrogens with one attached hydrogen (secondary N) is 3. The van der Waals surface area contributed by atoms with Crippen LogP contribution in [0.25, 0.3) is 10.9 Å². The second-order valence-corrected chi connectivity index (χ2v) is 7.99. The summed E-state index contributed by atoms with van der Waals surface area (Å²) >= 11 is 0. The highest BCUT2D eigenvalue weighted by molar-refractivity contribution is 5.81. The fourth-order valence-electron chi connectivity index (χ4n) is 4.13. The number of furan rings is 1. The molecule has 6 nitrogen and oxygen atoms in total. The maximum atomic E-state index is 5.82. The van der Waals surface area contributed by atoms with E-state index in [0.29, 0.717) is 13.2 Å². The number of ether oxygens (including phenoxy) is 1. The van der Waals surface area contributed by atoms with E-state index in [1.807, 2.05) is 24.3 Å². The molecular formula is C26H28N4O2. The molecule has 0 bridgehead atoms. The number of fused-ring (bicyclic) bond motifs is 2. The molecule has 6 heteroatoms. The molecule has 1 unspecified atom stereocenters. The second-order valence-electron chi connectivity index (χ2n) is 7.99. The van der Waals surface area contributed by atoms with Gasteiger partial charge in [0, 0.05) is 49.1 Å². The fourth-order valence-corrected chi connectivity index (χ4v) is 4.13. The lowest BCUT2D eigenvalue weighted by Crippen LogP contribution is -2.42. The minimum Gasteiger partial charge on any atom is -0.493 e.